The maximum Gasteiger partial charge on any atom is 0.167 e. The van der Waals surface area contributed by atoms with E-state index in [-0.39, 0.29) is 12.5 Å². The molecule has 0 amide bonds. The molecule has 5 heteroatoms. The number of hydrogen-bond donors (Lipinski definition) is 1. The Bertz CT molecular complexity index is 595. The molecule has 0 saturated heterocycles. The first-order chi connectivity index (χ1) is 9.83. The van der Waals surface area contributed by atoms with Crippen molar-refractivity contribution in [3.05, 3.63) is 30.1 Å². The highest BCUT2D eigenvalue weighted by atomic mass is 16.5. The lowest BCUT2D eigenvalue weighted by Crippen LogP contribution is -2.23. The number of rotatable bonds is 4. The maximum atomic E-state index is 9.38. The Hall–Kier alpha value is -1.88. The first-order valence-electron chi connectivity index (χ1n) is 7.08. The summed E-state index contributed by atoms with van der Waals surface area (Å²) in [5, 5.41) is 18.0. The van der Waals surface area contributed by atoms with Crippen LogP contribution >= 0.6 is 0 Å². The minimum Gasteiger partial charge on any atom is -0.493 e. The highest BCUT2D eigenvalue weighted by molar-refractivity contribution is 5.64. The number of nitrogens with zero attached hydrogens (tertiary/aromatic N) is 3. The van der Waals surface area contributed by atoms with Crippen molar-refractivity contribution < 1.29 is 9.84 Å². The minimum absolute atomic E-state index is 0.212. The molecule has 1 aromatic heterocycles. The van der Waals surface area contributed by atoms with Gasteiger partial charge in [0.15, 0.2) is 5.82 Å². The molecule has 1 unspecified atom stereocenters. The molecule has 2 heterocycles. The summed E-state index contributed by atoms with van der Waals surface area (Å²) >= 11 is 0. The van der Waals surface area contributed by atoms with E-state index in [2.05, 4.69) is 14.8 Å². The Morgan fingerprint density at radius 1 is 1.35 bits per heavy atom. The Labute approximate surface area is 118 Å². The van der Waals surface area contributed by atoms with Crippen LogP contribution in [0, 0.1) is 5.92 Å². The van der Waals surface area contributed by atoms with E-state index in [0.29, 0.717) is 6.61 Å². The fourth-order valence-corrected chi connectivity index (χ4v) is 2.68. The number of aliphatic hydroxyl groups is 1. The topological polar surface area (TPSA) is 60.2 Å². The van der Waals surface area contributed by atoms with Crippen molar-refractivity contribution in [3.8, 4) is 17.1 Å². The molecule has 3 rings (SSSR count). The van der Waals surface area contributed by atoms with E-state index in [1.807, 2.05) is 31.2 Å². The molecule has 0 bridgehead atoms. The molecule has 1 N–H and O–H groups in total. The standard InChI is InChI=1S/C15H19N3O2/c1-2-20-13-6-4-3-5-12(13)15-17-16-14-8-7-11(10-19)9-18(14)15/h3-6,11,19H,2,7-10H2,1H3. The van der Waals surface area contributed by atoms with Gasteiger partial charge in [0.2, 0.25) is 0 Å². The van der Waals surface area contributed by atoms with Crippen molar-refractivity contribution in [2.75, 3.05) is 13.2 Å². The van der Waals surface area contributed by atoms with Gasteiger partial charge in [0.25, 0.3) is 0 Å². The van der Waals surface area contributed by atoms with Gasteiger partial charge in [-0.25, -0.2) is 0 Å². The van der Waals surface area contributed by atoms with E-state index in [4.69, 9.17) is 4.74 Å². The van der Waals surface area contributed by atoms with Crippen LogP contribution in [-0.2, 0) is 13.0 Å². The van der Waals surface area contributed by atoms with Crippen molar-refractivity contribution in [1.29, 1.82) is 0 Å². The zero-order chi connectivity index (χ0) is 13.9. The van der Waals surface area contributed by atoms with E-state index < -0.39 is 0 Å². The number of ether oxygens (including phenoxy) is 1. The second-order valence-electron chi connectivity index (χ2n) is 5.07. The summed E-state index contributed by atoms with van der Waals surface area (Å²) in [5.41, 5.74) is 0.965. The molecule has 1 aliphatic rings. The summed E-state index contributed by atoms with van der Waals surface area (Å²) in [7, 11) is 0. The van der Waals surface area contributed by atoms with E-state index in [1.54, 1.807) is 0 Å². The average molecular weight is 273 g/mol. The van der Waals surface area contributed by atoms with Gasteiger partial charge in [-0.15, -0.1) is 10.2 Å². The van der Waals surface area contributed by atoms with Crippen LogP contribution in [0.1, 0.15) is 19.2 Å². The van der Waals surface area contributed by atoms with Crippen molar-refractivity contribution in [2.24, 2.45) is 5.92 Å². The largest absolute Gasteiger partial charge is 0.493 e. The van der Waals surface area contributed by atoms with E-state index in [9.17, 15) is 5.11 Å². The molecule has 1 aromatic carbocycles. The number of aliphatic hydroxyl groups excluding tert-OH is 1. The van der Waals surface area contributed by atoms with Crippen LogP contribution in [-0.4, -0.2) is 33.1 Å². The van der Waals surface area contributed by atoms with Crippen molar-refractivity contribution >= 4 is 0 Å². The molecule has 106 valence electrons. The summed E-state index contributed by atoms with van der Waals surface area (Å²) in [6, 6.07) is 7.89. The molecule has 0 aliphatic carbocycles. The van der Waals surface area contributed by atoms with Crippen LogP contribution in [0.4, 0.5) is 0 Å². The predicted octanol–water partition coefficient (Wildman–Crippen LogP) is 1.90. The van der Waals surface area contributed by atoms with Gasteiger partial charge in [-0.05, 0) is 25.5 Å². The molecular weight excluding hydrogens is 254 g/mol. The van der Waals surface area contributed by atoms with Crippen LogP contribution in [0.25, 0.3) is 11.4 Å². The minimum atomic E-state index is 0.212. The molecular formula is C15H19N3O2. The zero-order valence-corrected chi connectivity index (χ0v) is 11.6. The summed E-state index contributed by atoms with van der Waals surface area (Å²) in [4.78, 5) is 0. The molecule has 0 radical (unpaired) electrons. The third-order valence-electron chi connectivity index (χ3n) is 3.73. The van der Waals surface area contributed by atoms with Gasteiger partial charge in [0, 0.05) is 25.5 Å². The molecule has 0 fully saturated rings. The normalized spacial score (nSPS) is 17.8. The third kappa shape index (κ3) is 2.29. The lowest BCUT2D eigenvalue weighted by Gasteiger charge is -2.22. The van der Waals surface area contributed by atoms with Crippen LogP contribution in [0.2, 0.25) is 0 Å². The molecule has 1 aliphatic heterocycles. The van der Waals surface area contributed by atoms with E-state index in [1.165, 1.54) is 0 Å². The summed E-state index contributed by atoms with van der Waals surface area (Å²) in [6.07, 6.45) is 1.84. The first kappa shape index (κ1) is 13.1. The van der Waals surface area contributed by atoms with Crippen LogP contribution in [0.3, 0.4) is 0 Å². The number of hydrogen-bond acceptors (Lipinski definition) is 4. The second kappa shape index (κ2) is 5.63. The fourth-order valence-electron chi connectivity index (χ4n) is 2.68. The van der Waals surface area contributed by atoms with Gasteiger partial charge in [-0.1, -0.05) is 12.1 Å². The average Bonchev–Trinajstić information content (AvgIpc) is 2.91. The molecule has 0 spiro atoms. The lowest BCUT2D eigenvalue weighted by molar-refractivity contribution is 0.191. The Kier molecular flexibility index (Phi) is 3.69. The molecule has 1 atom stereocenters. The molecule has 2 aromatic rings. The number of fused-ring (bicyclic) bond motifs is 1. The first-order valence-corrected chi connectivity index (χ1v) is 7.08. The monoisotopic (exact) mass is 273 g/mol. The van der Waals surface area contributed by atoms with Gasteiger partial charge in [-0.2, -0.15) is 0 Å². The fraction of sp³-hybridized carbons (Fsp3) is 0.467. The molecule has 0 saturated carbocycles. The zero-order valence-electron chi connectivity index (χ0n) is 11.6. The molecule has 5 nitrogen and oxygen atoms in total. The maximum absolute atomic E-state index is 9.38. The van der Waals surface area contributed by atoms with Gasteiger partial charge >= 0.3 is 0 Å². The van der Waals surface area contributed by atoms with Gasteiger partial charge in [-0.3, -0.25) is 0 Å². The van der Waals surface area contributed by atoms with Gasteiger partial charge in [0.05, 0.1) is 12.2 Å². The summed E-state index contributed by atoms with van der Waals surface area (Å²) in [6.45, 7) is 3.58. The quantitative estimate of drug-likeness (QED) is 0.924. The van der Waals surface area contributed by atoms with Crippen molar-refractivity contribution in [3.63, 3.8) is 0 Å². The van der Waals surface area contributed by atoms with E-state index >= 15 is 0 Å². The second-order valence-corrected chi connectivity index (χ2v) is 5.07. The molecule has 20 heavy (non-hydrogen) atoms. The summed E-state index contributed by atoms with van der Waals surface area (Å²) in [5.74, 6) is 2.95. The predicted molar refractivity (Wildman–Crippen MR) is 75.5 cm³/mol. The van der Waals surface area contributed by atoms with Gasteiger partial charge < -0.3 is 14.4 Å². The van der Waals surface area contributed by atoms with Crippen molar-refractivity contribution in [1.82, 2.24) is 14.8 Å². The smallest absolute Gasteiger partial charge is 0.167 e. The Balaban J connectivity index is 2.02. The highest BCUT2D eigenvalue weighted by Crippen LogP contribution is 2.31. The number of benzene rings is 1. The van der Waals surface area contributed by atoms with Gasteiger partial charge in [0.1, 0.15) is 11.6 Å². The highest BCUT2D eigenvalue weighted by Gasteiger charge is 2.24. The van der Waals surface area contributed by atoms with Crippen molar-refractivity contribution in [2.45, 2.75) is 26.3 Å². The number of aryl methyl sites for hydroxylation is 1. The third-order valence-corrected chi connectivity index (χ3v) is 3.73. The summed E-state index contributed by atoms with van der Waals surface area (Å²) < 4.78 is 7.79. The SMILES string of the molecule is CCOc1ccccc1-c1nnc2n1CC(CO)CC2. The van der Waals surface area contributed by atoms with Crippen LogP contribution in [0.5, 0.6) is 5.75 Å². The Morgan fingerprint density at radius 3 is 3.00 bits per heavy atom. The van der Waals surface area contributed by atoms with E-state index in [0.717, 1.165) is 42.3 Å². The Morgan fingerprint density at radius 2 is 2.20 bits per heavy atom. The lowest BCUT2D eigenvalue weighted by atomic mass is 10.00. The number of aromatic nitrogens is 3. The van der Waals surface area contributed by atoms with Crippen LogP contribution < -0.4 is 4.74 Å². The van der Waals surface area contributed by atoms with Crippen LogP contribution in [0.15, 0.2) is 24.3 Å². The number of para-hydroxylation sites is 1.